The van der Waals surface area contributed by atoms with E-state index in [0.717, 1.165) is 0 Å². The van der Waals surface area contributed by atoms with E-state index in [2.05, 4.69) is 11.5 Å². The van der Waals surface area contributed by atoms with Gasteiger partial charge >= 0.3 is 0 Å². The zero-order valence-corrected chi connectivity index (χ0v) is 5.11. The molecule has 5 N–H and O–H groups in total. The van der Waals surface area contributed by atoms with Gasteiger partial charge in [-0.15, -0.1) is 0 Å². The number of rotatable bonds is 0. The Balaban J connectivity index is -0.0000000450. The summed E-state index contributed by atoms with van der Waals surface area (Å²) < 4.78 is 0. The minimum Gasteiger partial charge on any atom is -0.370 e. The molecule has 0 aromatic rings. The number of nitrogens with one attached hydrogen (secondary N) is 1. The molecule has 0 aromatic carbocycles. The molecule has 5 heteroatoms. The van der Waals surface area contributed by atoms with Crippen molar-refractivity contribution in [3.8, 4) is 0 Å². The zero-order chi connectivity index (χ0) is 3.58. The predicted octanol–water partition coefficient (Wildman–Crippen LogP) is -2.35. The van der Waals surface area contributed by atoms with Crippen molar-refractivity contribution in [3.05, 3.63) is 0 Å². The largest absolute Gasteiger partial charge is 0.370 e. The Morgan fingerprint density at radius 1 is 1.33 bits per heavy atom. The fraction of sp³-hybridized carbons (Fsp3) is 0. The van der Waals surface area contributed by atoms with Crippen molar-refractivity contribution in [3.63, 3.8) is 0 Å². The summed E-state index contributed by atoms with van der Waals surface area (Å²) in [6.07, 6.45) is 0. The minimum absolute atomic E-state index is 0. The van der Waals surface area contributed by atoms with Gasteiger partial charge in [0, 0.05) is 26.2 Å². The number of hydrogen-bond donors (Lipinski definition) is 3. The second-order valence-corrected chi connectivity index (χ2v) is 0.455. The molecule has 0 fully saturated rings. The Bertz CT molecular complexity index is 33.8. The fourth-order valence-corrected chi connectivity index (χ4v) is 0. The Morgan fingerprint density at radius 2 is 1.33 bits per heavy atom. The molecule has 0 saturated heterocycles. The topological polar surface area (TPSA) is 75.9 Å². The quantitative estimate of drug-likeness (QED) is 0.213. The smallest absolute Gasteiger partial charge is 0.183 e. The second kappa shape index (κ2) is 8.96. The van der Waals surface area contributed by atoms with Gasteiger partial charge in [0.2, 0.25) is 0 Å². The van der Waals surface area contributed by atoms with Crippen molar-refractivity contribution in [1.82, 2.24) is 0 Å². The van der Waals surface area contributed by atoms with E-state index in [1.807, 2.05) is 0 Å². The van der Waals surface area contributed by atoms with E-state index >= 15 is 0 Å². The maximum Gasteiger partial charge on any atom is 0.183 e. The van der Waals surface area contributed by atoms with Crippen molar-refractivity contribution in [2.45, 2.75) is 0 Å². The van der Waals surface area contributed by atoms with E-state index in [-0.39, 0.29) is 40.6 Å². The molecule has 0 rings (SSSR count). The Morgan fingerprint density at radius 3 is 1.33 bits per heavy atom. The molecule has 0 atom stereocenters. The normalized spacial score (nSPS) is 4.00. The monoisotopic (exact) mass is 163 g/mol. The van der Waals surface area contributed by atoms with Gasteiger partial charge in [-0.2, -0.15) is 0 Å². The summed E-state index contributed by atoms with van der Waals surface area (Å²) in [5.74, 6) is -0.333. The summed E-state index contributed by atoms with van der Waals surface area (Å²) in [7, 11) is 0. The number of nitrogens with two attached hydrogens (primary N) is 2. The summed E-state index contributed by atoms with van der Waals surface area (Å²) in [5.41, 5.74) is 8.94. The van der Waals surface area contributed by atoms with Crippen LogP contribution in [0.2, 0.25) is 0 Å². The molecule has 0 bridgehead atoms. The molecule has 0 aliphatic rings. The third kappa shape index (κ3) is 919. The maximum atomic E-state index is 6.06. The minimum atomic E-state index is -0.333. The van der Waals surface area contributed by atoms with Crippen LogP contribution in [0.1, 0.15) is 0 Å². The van der Waals surface area contributed by atoms with Crippen LogP contribution in [0.5, 0.6) is 0 Å². The summed E-state index contributed by atoms with van der Waals surface area (Å²) in [4.78, 5) is 0. The summed E-state index contributed by atoms with van der Waals surface area (Å²) in [6, 6.07) is 0. The standard InChI is InChI=1S/CH5N3.BH3.Zr/c2-1(3)4;;/h(H5,2,3,4);1H3;. The molecule has 0 spiro atoms. The van der Waals surface area contributed by atoms with Gasteiger partial charge in [-0.25, -0.2) is 0 Å². The SMILES string of the molecule is B.N=C(N)N.[Zr]. The molecule has 0 unspecified atom stereocenters. The average Bonchev–Trinajstić information content (AvgIpc) is 0.811. The molecule has 6 heavy (non-hydrogen) atoms. The molecule has 0 amide bonds. The van der Waals surface area contributed by atoms with Crippen molar-refractivity contribution in [2.24, 2.45) is 11.5 Å². The van der Waals surface area contributed by atoms with Crippen LogP contribution < -0.4 is 11.5 Å². The Kier molecular flexibility index (Phi) is 24.4. The van der Waals surface area contributed by atoms with Crippen LogP contribution in [0.25, 0.3) is 0 Å². The molecule has 0 aliphatic carbocycles. The van der Waals surface area contributed by atoms with E-state index in [1.54, 1.807) is 0 Å². The molecule has 0 aliphatic heterocycles. The van der Waals surface area contributed by atoms with Crippen LogP contribution in [0, 0.1) is 5.41 Å². The van der Waals surface area contributed by atoms with Gasteiger partial charge in [-0.3, -0.25) is 5.41 Å². The molecule has 34 valence electrons. The van der Waals surface area contributed by atoms with Crippen LogP contribution in [0.15, 0.2) is 0 Å². The first-order chi connectivity index (χ1) is 1.73. The molecular formula is CH8BN3Zr. The third-order valence-corrected chi connectivity index (χ3v) is 0. The number of guanidine groups is 1. The maximum absolute atomic E-state index is 6.06. The molecule has 0 heterocycles. The van der Waals surface area contributed by atoms with Gasteiger partial charge in [-0.05, 0) is 0 Å². The van der Waals surface area contributed by atoms with Crippen LogP contribution in [-0.2, 0) is 26.2 Å². The molecular weight excluding hydrogens is 156 g/mol. The van der Waals surface area contributed by atoms with E-state index in [0.29, 0.717) is 0 Å². The van der Waals surface area contributed by atoms with E-state index in [9.17, 15) is 0 Å². The van der Waals surface area contributed by atoms with Crippen molar-refractivity contribution in [2.75, 3.05) is 0 Å². The first kappa shape index (κ1) is 16.3. The summed E-state index contributed by atoms with van der Waals surface area (Å²) in [6.45, 7) is 0. The molecule has 0 aromatic heterocycles. The summed E-state index contributed by atoms with van der Waals surface area (Å²) in [5, 5.41) is 6.06. The van der Waals surface area contributed by atoms with Gasteiger partial charge < -0.3 is 11.5 Å². The van der Waals surface area contributed by atoms with Crippen molar-refractivity contribution >= 4 is 14.4 Å². The molecule has 3 nitrogen and oxygen atoms in total. The second-order valence-electron chi connectivity index (χ2n) is 0.455. The van der Waals surface area contributed by atoms with Crippen molar-refractivity contribution in [1.29, 1.82) is 5.41 Å². The van der Waals surface area contributed by atoms with E-state index in [1.165, 1.54) is 0 Å². The fourth-order valence-electron chi connectivity index (χ4n) is 0. The number of hydrogen-bond acceptors (Lipinski definition) is 1. The third-order valence-electron chi connectivity index (χ3n) is 0. The van der Waals surface area contributed by atoms with Gasteiger partial charge in [0.1, 0.15) is 0 Å². The Labute approximate surface area is 57.7 Å². The first-order valence-corrected chi connectivity index (χ1v) is 0.827. The van der Waals surface area contributed by atoms with Gasteiger partial charge in [0.15, 0.2) is 5.96 Å². The van der Waals surface area contributed by atoms with E-state index < -0.39 is 0 Å². The van der Waals surface area contributed by atoms with Gasteiger partial charge in [0.05, 0.1) is 8.41 Å². The Hall–Kier alpha value is 0.218. The first-order valence-electron chi connectivity index (χ1n) is 0.827. The van der Waals surface area contributed by atoms with Crippen LogP contribution in [0.4, 0.5) is 0 Å². The average molecular weight is 164 g/mol. The molecule has 0 radical (unpaired) electrons. The van der Waals surface area contributed by atoms with Crippen LogP contribution >= 0.6 is 0 Å². The van der Waals surface area contributed by atoms with Crippen molar-refractivity contribution < 1.29 is 26.2 Å². The summed E-state index contributed by atoms with van der Waals surface area (Å²) >= 11 is 0. The zero-order valence-electron chi connectivity index (χ0n) is 2.65. The van der Waals surface area contributed by atoms with Gasteiger partial charge in [0.25, 0.3) is 0 Å². The van der Waals surface area contributed by atoms with Crippen LogP contribution in [0.3, 0.4) is 0 Å². The van der Waals surface area contributed by atoms with E-state index in [4.69, 9.17) is 5.41 Å². The van der Waals surface area contributed by atoms with Gasteiger partial charge in [-0.1, -0.05) is 0 Å². The van der Waals surface area contributed by atoms with Crippen LogP contribution in [-0.4, -0.2) is 14.4 Å². The molecule has 0 saturated carbocycles. The predicted molar refractivity (Wildman–Crippen MR) is 26.0 cm³/mol.